The Morgan fingerprint density at radius 3 is 1.54 bits per heavy atom. The van der Waals surface area contributed by atoms with Gasteiger partial charge in [-0.2, -0.15) is 74.6 Å². The fourth-order valence-electron chi connectivity index (χ4n) is 2.69. The van der Waals surface area contributed by atoms with Gasteiger partial charge in [-0.3, -0.25) is 0 Å². The summed E-state index contributed by atoms with van der Waals surface area (Å²) >= 11 is 0. The van der Waals surface area contributed by atoms with Gasteiger partial charge in [0.2, 0.25) is 0 Å². The highest BCUT2D eigenvalue weighted by Crippen LogP contribution is 2.62. The Morgan fingerprint density at radius 2 is 1.10 bits per heavy atom. The molecule has 1 aromatic rings. The highest BCUT2D eigenvalue weighted by Gasteiger charge is 2.93. The van der Waals surface area contributed by atoms with E-state index in [1.807, 2.05) is 0 Å². The van der Waals surface area contributed by atoms with Crippen molar-refractivity contribution in [3.8, 4) is 5.75 Å². The molecule has 3 nitrogen and oxygen atoms in total. The molecule has 0 aromatic heterocycles. The predicted molar refractivity (Wildman–Crippen MR) is 103 cm³/mol. The van der Waals surface area contributed by atoms with E-state index < -0.39 is 66.6 Å². The van der Waals surface area contributed by atoms with Gasteiger partial charge in [0.1, 0.15) is 5.75 Å². The number of hydrogen-bond donors (Lipinski definition) is 0. The second-order valence-corrected chi connectivity index (χ2v) is 7.96. The molecule has 236 valence electrons. The normalized spacial score (nSPS) is 14.9. The molecule has 41 heavy (non-hydrogen) atoms. The zero-order valence-corrected chi connectivity index (χ0v) is 19.7. The summed E-state index contributed by atoms with van der Waals surface area (Å²) in [5.41, 5.74) is -0.0920. The monoisotopic (exact) mass is 638 g/mol. The van der Waals surface area contributed by atoms with Gasteiger partial charge in [0.25, 0.3) is 0 Å². The van der Waals surface area contributed by atoms with Crippen LogP contribution in [-0.4, -0.2) is 60.4 Å². The lowest BCUT2D eigenvalue weighted by Crippen LogP contribution is -2.73. The first-order chi connectivity index (χ1) is 18.1. The number of benzene rings is 1. The second-order valence-electron chi connectivity index (χ2n) is 7.96. The van der Waals surface area contributed by atoms with E-state index in [0.29, 0.717) is 6.08 Å². The van der Waals surface area contributed by atoms with Crippen molar-refractivity contribution in [3.63, 3.8) is 0 Å². The first-order valence-corrected chi connectivity index (χ1v) is 10.5. The lowest BCUT2D eigenvalue weighted by molar-refractivity contribution is -0.461. The average molecular weight is 638 g/mol. The van der Waals surface area contributed by atoms with Gasteiger partial charge in [-0.25, -0.2) is 4.79 Å². The Morgan fingerprint density at radius 1 is 0.659 bits per heavy atom. The van der Waals surface area contributed by atoms with Gasteiger partial charge in [0, 0.05) is 18.9 Å². The standard InChI is InChI=1S/C21H15F17O3/c1-2-40-12-6-3-11(4-7-12)5-8-13(39)41-21(37,38)20(35,36)19(33,34)18(31,32)17(29,30)16(27,28)14(22,23)9-10-15(24,25)26/h3-8H,2,9-10H2,1H3. The molecule has 0 fully saturated rings. The summed E-state index contributed by atoms with van der Waals surface area (Å²) in [6.07, 6.45) is -19.1. The van der Waals surface area contributed by atoms with Crippen molar-refractivity contribution < 1.29 is 88.9 Å². The number of esters is 1. The van der Waals surface area contributed by atoms with Gasteiger partial charge in [-0.15, -0.1) is 0 Å². The van der Waals surface area contributed by atoms with Crippen LogP contribution in [0.25, 0.3) is 6.08 Å². The number of carbonyl (C=O) groups is 1. The van der Waals surface area contributed by atoms with Crippen LogP contribution >= 0.6 is 0 Å². The van der Waals surface area contributed by atoms with E-state index in [-0.39, 0.29) is 24.0 Å². The van der Waals surface area contributed by atoms with Gasteiger partial charge in [0.15, 0.2) is 0 Å². The molecule has 1 aromatic carbocycles. The molecule has 0 radical (unpaired) electrons. The molecule has 20 heteroatoms. The molecular weight excluding hydrogens is 623 g/mol. The van der Waals surface area contributed by atoms with Crippen LogP contribution in [0.15, 0.2) is 30.3 Å². The van der Waals surface area contributed by atoms with Crippen LogP contribution in [0.4, 0.5) is 74.6 Å². The summed E-state index contributed by atoms with van der Waals surface area (Å²) in [6.45, 7) is 1.78. The molecule has 0 saturated carbocycles. The Hall–Kier alpha value is -2.96. The van der Waals surface area contributed by atoms with Crippen LogP contribution < -0.4 is 4.74 Å². The van der Waals surface area contributed by atoms with E-state index in [1.165, 1.54) is 12.1 Å². The average Bonchev–Trinajstić information content (AvgIpc) is 2.81. The molecular formula is C21H15F17O3. The maximum atomic E-state index is 13.8. The van der Waals surface area contributed by atoms with Gasteiger partial charge in [-0.1, -0.05) is 12.1 Å². The topological polar surface area (TPSA) is 35.5 Å². The molecule has 0 aliphatic rings. The van der Waals surface area contributed by atoms with E-state index in [4.69, 9.17) is 4.74 Å². The van der Waals surface area contributed by atoms with Crippen molar-refractivity contribution in [2.75, 3.05) is 6.61 Å². The van der Waals surface area contributed by atoms with E-state index >= 15 is 0 Å². The summed E-state index contributed by atoms with van der Waals surface area (Å²) in [5.74, 6) is -50.6. The summed E-state index contributed by atoms with van der Waals surface area (Å²) in [5, 5.41) is 0. The first-order valence-electron chi connectivity index (χ1n) is 10.5. The number of carbonyl (C=O) groups excluding carboxylic acids is 1. The molecule has 0 aliphatic heterocycles. The maximum absolute atomic E-state index is 13.8. The molecule has 0 aliphatic carbocycles. The highest BCUT2D eigenvalue weighted by molar-refractivity contribution is 5.87. The van der Waals surface area contributed by atoms with E-state index in [1.54, 1.807) is 6.92 Å². The Labute approximate surface area is 217 Å². The van der Waals surface area contributed by atoms with Crippen molar-refractivity contribution in [1.82, 2.24) is 0 Å². The third-order valence-electron chi connectivity index (χ3n) is 4.96. The minimum atomic E-state index is -8.53. The fourth-order valence-corrected chi connectivity index (χ4v) is 2.69. The number of ether oxygens (including phenoxy) is 2. The van der Waals surface area contributed by atoms with E-state index in [9.17, 15) is 79.4 Å². The maximum Gasteiger partial charge on any atom is 0.473 e. The van der Waals surface area contributed by atoms with Crippen LogP contribution in [0, 0.1) is 0 Å². The van der Waals surface area contributed by atoms with Crippen LogP contribution in [0.2, 0.25) is 0 Å². The number of rotatable bonds is 13. The summed E-state index contributed by atoms with van der Waals surface area (Å²) < 4.78 is 236. The molecule has 0 amide bonds. The SMILES string of the molecule is CCOc1ccc(C=CC(=O)OC(F)(F)C(F)(F)C(F)(F)C(F)(F)C(F)(F)C(F)(F)C(F)(F)CCC(F)(F)F)cc1. The van der Waals surface area contributed by atoms with E-state index in [0.717, 1.165) is 12.1 Å². The summed E-state index contributed by atoms with van der Waals surface area (Å²) in [7, 11) is 0. The van der Waals surface area contributed by atoms with E-state index in [2.05, 4.69) is 4.74 Å². The molecule has 0 heterocycles. The van der Waals surface area contributed by atoms with Crippen LogP contribution in [0.5, 0.6) is 5.75 Å². The minimum Gasteiger partial charge on any atom is -0.494 e. The lowest BCUT2D eigenvalue weighted by atomic mass is 9.89. The second kappa shape index (κ2) is 11.4. The molecule has 0 spiro atoms. The number of halogens is 17. The predicted octanol–water partition coefficient (Wildman–Crippen LogP) is 8.39. The smallest absolute Gasteiger partial charge is 0.473 e. The van der Waals surface area contributed by atoms with Crippen LogP contribution in [0.1, 0.15) is 25.3 Å². The van der Waals surface area contributed by atoms with Gasteiger partial charge < -0.3 is 9.47 Å². The quantitative estimate of drug-likeness (QED) is 0.124. The van der Waals surface area contributed by atoms with Crippen molar-refractivity contribution in [3.05, 3.63) is 35.9 Å². The Bertz CT molecular complexity index is 1080. The zero-order chi connectivity index (χ0) is 32.5. The van der Waals surface area contributed by atoms with Gasteiger partial charge in [-0.05, 0) is 30.7 Å². The number of alkyl halides is 17. The number of hydrogen-bond acceptors (Lipinski definition) is 3. The highest BCUT2D eigenvalue weighted by atomic mass is 19.4. The van der Waals surface area contributed by atoms with Gasteiger partial charge >= 0.3 is 53.8 Å². The van der Waals surface area contributed by atoms with Crippen molar-refractivity contribution in [2.24, 2.45) is 0 Å². The minimum absolute atomic E-state index is 0.0920. The lowest BCUT2D eigenvalue weighted by Gasteiger charge is -2.42. The van der Waals surface area contributed by atoms with Crippen molar-refractivity contribution in [2.45, 2.75) is 67.6 Å². The third kappa shape index (κ3) is 6.92. The molecule has 0 unspecified atom stereocenters. The first kappa shape index (κ1) is 36.1. The fraction of sp³-hybridized carbons (Fsp3) is 0.571. The Kier molecular flexibility index (Phi) is 10.0. The Balaban J connectivity index is 3.31. The summed E-state index contributed by atoms with van der Waals surface area (Å²) in [6, 6.07) is 4.68. The van der Waals surface area contributed by atoms with Crippen molar-refractivity contribution in [1.29, 1.82) is 0 Å². The van der Waals surface area contributed by atoms with Crippen molar-refractivity contribution >= 4 is 12.0 Å². The molecule has 0 saturated heterocycles. The molecule has 0 bridgehead atoms. The summed E-state index contributed by atoms with van der Waals surface area (Å²) in [4.78, 5) is 11.4. The largest absolute Gasteiger partial charge is 0.494 e. The molecule has 0 atom stereocenters. The zero-order valence-electron chi connectivity index (χ0n) is 19.7. The van der Waals surface area contributed by atoms with Crippen LogP contribution in [0.3, 0.4) is 0 Å². The van der Waals surface area contributed by atoms with Gasteiger partial charge in [0.05, 0.1) is 6.61 Å². The molecule has 0 N–H and O–H groups in total. The molecule has 1 rings (SSSR count). The third-order valence-corrected chi connectivity index (χ3v) is 4.96. The van der Waals surface area contributed by atoms with Crippen LogP contribution in [-0.2, 0) is 9.53 Å².